The fourth-order valence-electron chi connectivity index (χ4n) is 0.208. The summed E-state index contributed by atoms with van der Waals surface area (Å²) in [6.07, 6.45) is 0.140. The van der Waals surface area contributed by atoms with Crippen LogP contribution in [-0.2, 0) is 9.59 Å². The van der Waals surface area contributed by atoms with Gasteiger partial charge < -0.3 is 30.8 Å². The lowest BCUT2D eigenvalue weighted by molar-refractivity contribution is -0.132. The van der Waals surface area contributed by atoms with E-state index in [0.717, 1.165) is 6.08 Å². The summed E-state index contributed by atoms with van der Waals surface area (Å²) in [5, 5.41) is 42.0. The van der Waals surface area contributed by atoms with Gasteiger partial charge in [-0.2, -0.15) is 0 Å². The Morgan fingerprint density at radius 3 is 1.68 bits per heavy atom. The molecule has 1 amide bonds. The van der Waals surface area contributed by atoms with E-state index >= 15 is 0 Å². The van der Waals surface area contributed by atoms with Crippen LogP contribution in [0.25, 0.3) is 0 Å². The number of carboxylic acid groups (broad SMARTS) is 1. The molecule has 0 saturated carbocycles. The van der Waals surface area contributed by atoms with E-state index in [1.54, 1.807) is 0 Å². The van der Waals surface area contributed by atoms with Gasteiger partial charge in [-0.3, -0.25) is 4.79 Å². The van der Waals surface area contributed by atoms with Gasteiger partial charge >= 0.3 is 5.97 Å². The monoisotopic (exact) mass is 279 g/mol. The van der Waals surface area contributed by atoms with Crippen LogP contribution in [0.3, 0.4) is 0 Å². The predicted octanol–water partition coefficient (Wildman–Crippen LogP) is -1.78. The molecule has 0 aromatic carbocycles. The van der Waals surface area contributed by atoms with Crippen LogP contribution in [0, 0.1) is 0 Å². The Kier molecular flexibility index (Phi) is 19.2. The van der Waals surface area contributed by atoms with E-state index in [2.05, 4.69) is 18.5 Å². The first-order chi connectivity index (χ1) is 8.76. The predicted molar refractivity (Wildman–Crippen MR) is 68.1 cm³/mol. The minimum atomic E-state index is -0.954. The second-order valence-corrected chi connectivity index (χ2v) is 3.01. The van der Waals surface area contributed by atoms with Crippen molar-refractivity contribution < 1.29 is 35.1 Å². The van der Waals surface area contributed by atoms with Gasteiger partial charge in [0.15, 0.2) is 0 Å². The third-order valence-corrected chi connectivity index (χ3v) is 1.23. The maximum absolute atomic E-state index is 10.0. The van der Waals surface area contributed by atoms with E-state index < -0.39 is 12.1 Å². The molecule has 112 valence electrons. The van der Waals surface area contributed by atoms with Crippen molar-refractivity contribution in [1.82, 2.24) is 5.32 Å². The first kappa shape index (κ1) is 22.4. The number of carbonyl (C=O) groups is 2. The SMILES string of the molecule is C=C(C)C(=O)O.C=CC(=O)NCO.OCC(O)CO. The average molecular weight is 279 g/mol. The van der Waals surface area contributed by atoms with Crippen molar-refractivity contribution in [3.8, 4) is 0 Å². The highest BCUT2D eigenvalue weighted by molar-refractivity contribution is 5.86. The number of amides is 1. The molecule has 6 N–H and O–H groups in total. The summed E-state index contributed by atoms with van der Waals surface area (Å²) in [5.74, 6) is -1.29. The van der Waals surface area contributed by atoms with E-state index in [1.165, 1.54) is 6.92 Å². The number of carbonyl (C=O) groups excluding carboxylic acids is 1. The minimum absolute atomic E-state index is 0.176. The average Bonchev–Trinajstić information content (AvgIpc) is 2.39. The Morgan fingerprint density at radius 1 is 1.26 bits per heavy atom. The molecule has 0 radical (unpaired) electrons. The minimum Gasteiger partial charge on any atom is -0.478 e. The van der Waals surface area contributed by atoms with Gasteiger partial charge in [-0.1, -0.05) is 13.2 Å². The normalized spacial score (nSPS) is 8.32. The standard InChI is InChI=1S/C4H7NO2.C4H6O2.C3H8O3/c1-2-4(7)5-3-6;1-3(2)4(5)6;4-1-3(6)2-5/h2,6H,1,3H2,(H,5,7);1H2,2H3,(H,5,6);3-6H,1-2H2. The quantitative estimate of drug-likeness (QED) is 0.257. The van der Waals surface area contributed by atoms with Crippen LogP contribution >= 0.6 is 0 Å². The molecule has 0 aliphatic carbocycles. The Hall–Kier alpha value is -1.74. The summed E-state index contributed by atoms with van der Waals surface area (Å²) in [6.45, 7) is 6.70. The molecule has 0 atom stereocenters. The van der Waals surface area contributed by atoms with Crippen LogP contribution in [0.5, 0.6) is 0 Å². The van der Waals surface area contributed by atoms with Crippen molar-refractivity contribution in [3.05, 3.63) is 24.8 Å². The molecule has 0 spiro atoms. The molecule has 0 heterocycles. The first-order valence-electron chi connectivity index (χ1n) is 5.06. The maximum atomic E-state index is 10.0. The summed E-state index contributed by atoms with van der Waals surface area (Å²) in [7, 11) is 0. The molecule has 8 heteroatoms. The summed E-state index contributed by atoms with van der Waals surface area (Å²) >= 11 is 0. The number of aliphatic hydroxyl groups excluding tert-OH is 4. The molecule has 0 fully saturated rings. The Balaban J connectivity index is -0.000000203. The topological polar surface area (TPSA) is 147 Å². The number of carboxylic acids is 1. The van der Waals surface area contributed by atoms with E-state index in [-0.39, 0.29) is 31.4 Å². The van der Waals surface area contributed by atoms with Crippen LogP contribution in [0.2, 0.25) is 0 Å². The summed E-state index contributed by atoms with van der Waals surface area (Å²) in [4.78, 5) is 19.6. The summed E-state index contributed by atoms with van der Waals surface area (Å²) < 4.78 is 0. The van der Waals surface area contributed by atoms with Crippen molar-refractivity contribution in [3.63, 3.8) is 0 Å². The van der Waals surface area contributed by atoms with Gasteiger partial charge in [0.25, 0.3) is 0 Å². The lowest BCUT2D eigenvalue weighted by atomic mass is 10.4. The molecule has 8 nitrogen and oxygen atoms in total. The van der Waals surface area contributed by atoms with Gasteiger partial charge in [-0.25, -0.2) is 4.79 Å². The van der Waals surface area contributed by atoms with Crippen molar-refractivity contribution in [2.24, 2.45) is 0 Å². The fraction of sp³-hybridized carbons (Fsp3) is 0.455. The van der Waals surface area contributed by atoms with Crippen LogP contribution in [-0.4, -0.2) is 63.5 Å². The van der Waals surface area contributed by atoms with Gasteiger partial charge in [-0.05, 0) is 13.0 Å². The third kappa shape index (κ3) is 26.1. The van der Waals surface area contributed by atoms with E-state index in [4.69, 9.17) is 25.5 Å². The molecule has 0 aliphatic rings. The van der Waals surface area contributed by atoms with Crippen LogP contribution in [0.1, 0.15) is 6.92 Å². The molecule has 0 saturated heterocycles. The van der Waals surface area contributed by atoms with Crippen LogP contribution in [0.4, 0.5) is 0 Å². The second kappa shape index (κ2) is 16.3. The maximum Gasteiger partial charge on any atom is 0.330 e. The van der Waals surface area contributed by atoms with Gasteiger partial charge in [0.2, 0.25) is 5.91 Å². The molecular formula is C11H21NO7. The number of hydrogen-bond donors (Lipinski definition) is 6. The zero-order chi connectivity index (χ0) is 15.8. The number of nitrogens with one attached hydrogen (secondary N) is 1. The van der Waals surface area contributed by atoms with Crippen molar-refractivity contribution in [2.45, 2.75) is 13.0 Å². The Labute approximate surface area is 111 Å². The van der Waals surface area contributed by atoms with E-state index in [0.29, 0.717) is 0 Å². The van der Waals surface area contributed by atoms with Gasteiger partial charge in [0.1, 0.15) is 12.8 Å². The highest BCUT2D eigenvalue weighted by atomic mass is 16.4. The van der Waals surface area contributed by atoms with E-state index in [1.807, 2.05) is 0 Å². The number of aliphatic carboxylic acids is 1. The number of rotatable bonds is 5. The van der Waals surface area contributed by atoms with Crippen molar-refractivity contribution in [2.75, 3.05) is 19.9 Å². The smallest absolute Gasteiger partial charge is 0.330 e. The zero-order valence-corrected chi connectivity index (χ0v) is 10.7. The summed E-state index contributed by atoms with van der Waals surface area (Å²) in [6, 6.07) is 0. The lowest BCUT2D eigenvalue weighted by Crippen LogP contribution is -2.20. The Morgan fingerprint density at radius 2 is 1.63 bits per heavy atom. The molecule has 0 bridgehead atoms. The molecule has 19 heavy (non-hydrogen) atoms. The van der Waals surface area contributed by atoms with Crippen LogP contribution in [0.15, 0.2) is 24.8 Å². The molecule has 0 unspecified atom stereocenters. The van der Waals surface area contributed by atoms with Crippen LogP contribution < -0.4 is 5.32 Å². The molecular weight excluding hydrogens is 258 g/mol. The van der Waals surface area contributed by atoms with E-state index in [9.17, 15) is 9.59 Å². The van der Waals surface area contributed by atoms with Gasteiger partial charge in [-0.15, -0.1) is 0 Å². The Bertz CT molecular complexity index is 262. The number of hydrogen-bond acceptors (Lipinski definition) is 6. The highest BCUT2D eigenvalue weighted by Crippen LogP contribution is 1.81. The van der Waals surface area contributed by atoms with Crippen molar-refractivity contribution >= 4 is 11.9 Å². The largest absolute Gasteiger partial charge is 0.478 e. The summed E-state index contributed by atoms with van der Waals surface area (Å²) in [5.41, 5.74) is 0.176. The first-order valence-corrected chi connectivity index (χ1v) is 5.06. The second-order valence-electron chi connectivity index (χ2n) is 3.01. The molecule has 0 aliphatic heterocycles. The zero-order valence-electron chi connectivity index (χ0n) is 10.7. The van der Waals surface area contributed by atoms with Gasteiger partial charge in [0, 0.05) is 5.57 Å². The van der Waals surface area contributed by atoms with Gasteiger partial charge in [0.05, 0.1) is 13.2 Å². The number of aliphatic hydroxyl groups is 4. The highest BCUT2D eigenvalue weighted by Gasteiger charge is 1.93. The molecule has 0 aromatic heterocycles. The third-order valence-electron chi connectivity index (χ3n) is 1.23. The molecule has 0 aromatic rings. The lowest BCUT2D eigenvalue weighted by Gasteiger charge is -1.96. The fourth-order valence-corrected chi connectivity index (χ4v) is 0.208. The van der Waals surface area contributed by atoms with Crippen molar-refractivity contribution in [1.29, 1.82) is 0 Å². The molecule has 0 rings (SSSR count).